The van der Waals surface area contributed by atoms with Crippen molar-refractivity contribution in [3.8, 4) is 11.3 Å². The SMILES string of the molecule is CC.CC(=O)N1CCc2nc(Nc3ncc(F)c(-c4cc(F)c5nc(C)n(C(C)C)c5c4)n3)ccc2C1. The number of aromatic nitrogens is 5. The van der Waals surface area contributed by atoms with Gasteiger partial charge in [0.1, 0.15) is 22.9 Å². The van der Waals surface area contributed by atoms with Gasteiger partial charge in [-0.2, -0.15) is 0 Å². The number of hydrogen-bond acceptors (Lipinski definition) is 6. The van der Waals surface area contributed by atoms with Crippen LogP contribution in [0.3, 0.4) is 0 Å². The summed E-state index contributed by atoms with van der Waals surface area (Å²) in [5.74, 6) is 0.164. The van der Waals surface area contributed by atoms with Crippen LogP contribution in [0.1, 0.15) is 57.7 Å². The van der Waals surface area contributed by atoms with E-state index < -0.39 is 11.6 Å². The molecule has 0 saturated carbocycles. The van der Waals surface area contributed by atoms with Gasteiger partial charge in [-0.05, 0) is 44.5 Å². The Morgan fingerprint density at radius 2 is 1.84 bits per heavy atom. The number of hydrogen-bond donors (Lipinski definition) is 1. The van der Waals surface area contributed by atoms with E-state index in [0.29, 0.717) is 42.2 Å². The lowest BCUT2D eigenvalue weighted by molar-refractivity contribution is -0.129. The van der Waals surface area contributed by atoms with E-state index in [2.05, 4.69) is 25.3 Å². The van der Waals surface area contributed by atoms with Gasteiger partial charge < -0.3 is 14.8 Å². The molecule has 0 fully saturated rings. The summed E-state index contributed by atoms with van der Waals surface area (Å²) in [6.07, 6.45) is 1.70. The molecule has 10 heteroatoms. The predicted octanol–water partition coefficient (Wildman–Crippen LogP) is 5.73. The van der Waals surface area contributed by atoms with Gasteiger partial charge in [0.2, 0.25) is 11.9 Å². The maximum Gasteiger partial charge on any atom is 0.229 e. The summed E-state index contributed by atoms with van der Waals surface area (Å²) in [7, 11) is 0. The van der Waals surface area contributed by atoms with Gasteiger partial charge in [-0.25, -0.2) is 28.7 Å². The second-order valence-electron chi connectivity index (χ2n) is 8.96. The van der Waals surface area contributed by atoms with E-state index in [4.69, 9.17) is 0 Å². The number of benzene rings is 1. The fourth-order valence-electron chi connectivity index (χ4n) is 4.56. The van der Waals surface area contributed by atoms with Gasteiger partial charge in [0.05, 0.1) is 11.7 Å². The molecule has 0 unspecified atom stereocenters. The maximum absolute atomic E-state index is 14.9. The Morgan fingerprint density at radius 3 is 2.54 bits per heavy atom. The molecule has 1 amide bonds. The van der Waals surface area contributed by atoms with E-state index in [1.165, 1.54) is 6.07 Å². The molecule has 4 aromatic rings. The molecule has 1 N–H and O–H groups in total. The number of fused-ring (bicyclic) bond motifs is 2. The van der Waals surface area contributed by atoms with Gasteiger partial charge in [-0.15, -0.1) is 0 Å². The molecule has 1 aliphatic heterocycles. The van der Waals surface area contributed by atoms with Crippen molar-refractivity contribution in [2.45, 2.75) is 60.5 Å². The molecule has 0 bridgehead atoms. The molecule has 0 spiro atoms. The Balaban J connectivity index is 0.00000156. The Labute approximate surface area is 214 Å². The normalized spacial score (nSPS) is 12.8. The highest BCUT2D eigenvalue weighted by Crippen LogP contribution is 2.30. The van der Waals surface area contributed by atoms with Gasteiger partial charge in [0.15, 0.2) is 11.6 Å². The first-order chi connectivity index (χ1) is 17.7. The van der Waals surface area contributed by atoms with E-state index in [1.54, 1.807) is 24.0 Å². The van der Waals surface area contributed by atoms with Crippen LogP contribution in [0.25, 0.3) is 22.3 Å². The molecule has 194 valence electrons. The molecule has 0 saturated heterocycles. The van der Waals surface area contributed by atoms with E-state index in [9.17, 15) is 13.6 Å². The molecule has 8 nitrogen and oxygen atoms in total. The Kier molecular flexibility index (Phi) is 7.47. The quantitative estimate of drug-likeness (QED) is 0.380. The summed E-state index contributed by atoms with van der Waals surface area (Å²) in [6, 6.07) is 6.67. The first-order valence-electron chi connectivity index (χ1n) is 12.4. The molecule has 3 aromatic heterocycles. The van der Waals surface area contributed by atoms with Crippen LogP contribution in [0.15, 0.2) is 30.5 Å². The van der Waals surface area contributed by atoms with Crippen molar-refractivity contribution in [3.63, 3.8) is 0 Å². The number of carbonyl (C=O) groups is 1. The van der Waals surface area contributed by atoms with E-state index >= 15 is 0 Å². The van der Waals surface area contributed by atoms with Crippen LogP contribution in [0, 0.1) is 18.6 Å². The number of carbonyl (C=O) groups excluding carboxylic acids is 1. The maximum atomic E-state index is 14.9. The van der Waals surface area contributed by atoms with Crippen LogP contribution in [0.5, 0.6) is 0 Å². The van der Waals surface area contributed by atoms with Crippen molar-refractivity contribution in [1.29, 1.82) is 0 Å². The Hall–Kier alpha value is -3.95. The van der Waals surface area contributed by atoms with Crippen LogP contribution in [-0.4, -0.2) is 41.9 Å². The zero-order chi connectivity index (χ0) is 26.9. The fourth-order valence-corrected chi connectivity index (χ4v) is 4.56. The number of imidazole rings is 1. The smallest absolute Gasteiger partial charge is 0.229 e. The molecule has 0 aliphatic carbocycles. The lowest BCUT2D eigenvalue weighted by atomic mass is 10.1. The zero-order valence-electron chi connectivity index (χ0n) is 21.9. The molecular weight excluding hydrogens is 476 g/mol. The third kappa shape index (κ3) is 5.14. The van der Waals surface area contributed by atoms with Crippen molar-refractivity contribution >= 4 is 28.7 Å². The molecule has 1 aliphatic rings. The first-order valence-corrected chi connectivity index (χ1v) is 12.4. The van der Waals surface area contributed by atoms with Crippen molar-refractivity contribution in [1.82, 2.24) is 29.4 Å². The fraction of sp³-hybridized carbons (Fsp3) is 0.370. The molecule has 37 heavy (non-hydrogen) atoms. The number of rotatable bonds is 4. The zero-order valence-corrected chi connectivity index (χ0v) is 21.9. The van der Waals surface area contributed by atoms with E-state index in [-0.39, 0.29) is 29.1 Å². The summed E-state index contributed by atoms with van der Waals surface area (Å²) in [5, 5.41) is 3.02. The molecule has 1 aromatic carbocycles. The summed E-state index contributed by atoms with van der Waals surface area (Å²) < 4.78 is 31.6. The van der Waals surface area contributed by atoms with Gasteiger partial charge in [-0.3, -0.25) is 4.79 Å². The molecule has 4 heterocycles. The minimum absolute atomic E-state index is 0.0208. The lowest BCUT2D eigenvalue weighted by Gasteiger charge is -2.27. The van der Waals surface area contributed by atoms with Crippen LogP contribution in [0.2, 0.25) is 0 Å². The van der Waals surface area contributed by atoms with Crippen molar-refractivity contribution in [2.24, 2.45) is 0 Å². The number of amides is 1. The average Bonchev–Trinajstić information content (AvgIpc) is 3.22. The highest BCUT2D eigenvalue weighted by molar-refractivity contribution is 5.83. The molecule has 0 atom stereocenters. The number of anilines is 2. The summed E-state index contributed by atoms with van der Waals surface area (Å²) in [4.78, 5) is 30.8. The minimum atomic E-state index is -0.663. The van der Waals surface area contributed by atoms with Gasteiger partial charge in [-0.1, -0.05) is 19.9 Å². The van der Waals surface area contributed by atoms with E-state index in [0.717, 1.165) is 17.5 Å². The third-order valence-electron chi connectivity index (χ3n) is 6.19. The Bertz CT molecular complexity index is 1470. The molecule has 5 rings (SSSR count). The third-order valence-corrected chi connectivity index (χ3v) is 6.19. The lowest BCUT2D eigenvalue weighted by Crippen LogP contribution is -2.34. The van der Waals surface area contributed by atoms with Crippen LogP contribution in [0.4, 0.5) is 20.5 Å². The monoisotopic (exact) mass is 507 g/mol. The predicted molar refractivity (Wildman–Crippen MR) is 139 cm³/mol. The van der Waals surface area contributed by atoms with E-state index in [1.807, 2.05) is 45.3 Å². The largest absolute Gasteiger partial charge is 0.338 e. The number of nitrogens with one attached hydrogen (secondary N) is 1. The Morgan fingerprint density at radius 1 is 1.08 bits per heavy atom. The van der Waals surface area contributed by atoms with Crippen molar-refractivity contribution in [3.05, 3.63) is 59.2 Å². The van der Waals surface area contributed by atoms with Crippen molar-refractivity contribution in [2.75, 3.05) is 11.9 Å². The number of aryl methyl sites for hydroxylation is 1. The minimum Gasteiger partial charge on any atom is -0.338 e. The van der Waals surface area contributed by atoms with Crippen LogP contribution < -0.4 is 5.32 Å². The number of pyridine rings is 1. The molecular formula is C27H31F2N7O. The van der Waals surface area contributed by atoms with Crippen molar-refractivity contribution < 1.29 is 13.6 Å². The highest BCUT2D eigenvalue weighted by atomic mass is 19.1. The number of halogens is 2. The van der Waals surface area contributed by atoms with Gasteiger partial charge in [0.25, 0.3) is 0 Å². The first kappa shape index (κ1) is 26.1. The summed E-state index contributed by atoms with van der Waals surface area (Å²) in [6.45, 7) is 12.5. The molecule has 0 radical (unpaired) electrons. The second-order valence-corrected chi connectivity index (χ2v) is 8.96. The number of nitrogens with zero attached hydrogens (tertiary/aromatic N) is 6. The van der Waals surface area contributed by atoms with Gasteiger partial charge >= 0.3 is 0 Å². The van der Waals surface area contributed by atoms with Gasteiger partial charge in [0, 0.05) is 43.7 Å². The van der Waals surface area contributed by atoms with Crippen LogP contribution >= 0.6 is 0 Å². The summed E-state index contributed by atoms with van der Waals surface area (Å²) in [5.41, 5.74) is 2.97. The standard InChI is InChI=1S/C25H25F2N7O.C2H6/c1-13(2)34-14(3)29-24-18(26)9-17(10-21(24)34)23-19(27)11-28-25(32-23)31-22-6-5-16-12-33(15(4)35)8-7-20(16)30-22;1-2/h5-6,9-11,13H,7-8,12H2,1-4H3,(H,28,30,31,32);1-2H3. The average molecular weight is 508 g/mol. The van der Waals surface area contributed by atoms with Crippen LogP contribution in [-0.2, 0) is 17.8 Å². The summed E-state index contributed by atoms with van der Waals surface area (Å²) >= 11 is 0. The second kappa shape index (κ2) is 10.6. The highest BCUT2D eigenvalue weighted by Gasteiger charge is 2.21. The topological polar surface area (TPSA) is 88.8 Å².